The summed E-state index contributed by atoms with van der Waals surface area (Å²) in [7, 11) is 0. The number of hydrogen-bond acceptors (Lipinski definition) is 3. The predicted molar refractivity (Wildman–Crippen MR) is 59.2 cm³/mol. The van der Waals surface area contributed by atoms with Crippen molar-refractivity contribution in [1.29, 1.82) is 0 Å². The van der Waals surface area contributed by atoms with Gasteiger partial charge >= 0.3 is 12.1 Å². The van der Waals surface area contributed by atoms with Crippen molar-refractivity contribution in [2.45, 2.75) is 6.18 Å². The van der Waals surface area contributed by atoms with E-state index in [1.54, 1.807) is 0 Å². The Bertz CT molecular complexity index is 643. The summed E-state index contributed by atoms with van der Waals surface area (Å²) >= 11 is 3.07. The number of hydrogen-bond donors (Lipinski definition) is 1. The molecule has 0 aliphatic carbocycles. The molecule has 0 aliphatic rings. The van der Waals surface area contributed by atoms with Gasteiger partial charge in [-0.25, -0.2) is 14.8 Å². The normalized spacial score (nSPS) is 11.8. The molecule has 0 bridgehead atoms. The molecule has 0 spiro atoms. The monoisotopic (exact) mass is 320 g/mol. The fourth-order valence-corrected chi connectivity index (χ4v) is 1.73. The Morgan fingerprint density at radius 2 is 2.00 bits per heavy atom. The molecule has 0 atom stereocenters. The highest BCUT2D eigenvalue weighted by Gasteiger charge is 2.34. The van der Waals surface area contributed by atoms with Crippen LogP contribution in [0.3, 0.4) is 0 Å². The lowest BCUT2D eigenvalue weighted by Crippen LogP contribution is -2.11. The van der Waals surface area contributed by atoms with Gasteiger partial charge in [0.25, 0.3) is 0 Å². The summed E-state index contributed by atoms with van der Waals surface area (Å²) in [5, 5.41) is 8.97. The molecule has 94 valence electrons. The lowest BCUT2D eigenvalue weighted by molar-refractivity contribution is -0.141. The van der Waals surface area contributed by atoms with Gasteiger partial charge in [0, 0.05) is 16.1 Å². The van der Waals surface area contributed by atoms with Gasteiger partial charge in [-0.2, -0.15) is 13.2 Å². The van der Waals surface area contributed by atoms with E-state index in [1.807, 2.05) is 0 Å². The highest BCUT2D eigenvalue weighted by molar-refractivity contribution is 9.10. The molecule has 18 heavy (non-hydrogen) atoms. The fraction of sp³-hybridized carbons (Fsp3) is 0.100. The molecular weight excluding hydrogens is 317 g/mol. The summed E-state index contributed by atoms with van der Waals surface area (Å²) in [6.45, 7) is 0. The van der Waals surface area contributed by atoms with Gasteiger partial charge in [-0.05, 0) is 28.1 Å². The van der Waals surface area contributed by atoms with Crippen molar-refractivity contribution in [2.24, 2.45) is 0 Å². The quantitative estimate of drug-likeness (QED) is 0.877. The topological polar surface area (TPSA) is 63.1 Å². The van der Waals surface area contributed by atoms with Gasteiger partial charge in [-0.3, -0.25) is 0 Å². The van der Waals surface area contributed by atoms with E-state index in [0.717, 1.165) is 0 Å². The molecule has 4 nitrogen and oxygen atoms in total. The number of halogens is 4. The highest BCUT2D eigenvalue weighted by atomic mass is 79.9. The Morgan fingerprint density at radius 3 is 2.56 bits per heavy atom. The molecule has 0 saturated carbocycles. The third-order valence-electron chi connectivity index (χ3n) is 2.15. The number of rotatable bonds is 1. The van der Waals surface area contributed by atoms with E-state index < -0.39 is 23.4 Å². The summed E-state index contributed by atoms with van der Waals surface area (Å²) in [5.74, 6) is -1.46. The zero-order valence-electron chi connectivity index (χ0n) is 8.49. The van der Waals surface area contributed by atoms with Crippen LogP contribution in [0.25, 0.3) is 11.0 Å². The zero-order valence-corrected chi connectivity index (χ0v) is 10.1. The van der Waals surface area contributed by atoms with Crippen LogP contribution in [0.1, 0.15) is 16.1 Å². The molecular formula is C10H4BrF3N2O2. The van der Waals surface area contributed by atoms with Gasteiger partial charge in [-0.15, -0.1) is 0 Å². The van der Waals surface area contributed by atoms with Crippen molar-refractivity contribution >= 4 is 32.9 Å². The molecule has 2 aromatic rings. The van der Waals surface area contributed by atoms with E-state index in [-0.39, 0.29) is 11.0 Å². The molecule has 2 rings (SSSR count). The number of carboxylic acids is 1. The number of carbonyl (C=O) groups is 1. The predicted octanol–water partition coefficient (Wildman–Crippen LogP) is 3.11. The first-order valence-corrected chi connectivity index (χ1v) is 5.35. The number of fused-ring (bicyclic) bond motifs is 1. The summed E-state index contributed by atoms with van der Waals surface area (Å²) in [4.78, 5) is 18.0. The number of aromatic carboxylic acids is 1. The van der Waals surface area contributed by atoms with Crippen molar-refractivity contribution in [3.05, 3.63) is 34.1 Å². The van der Waals surface area contributed by atoms with Gasteiger partial charge in [0.05, 0.1) is 5.56 Å². The second-order valence-corrected chi connectivity index (χ2v) is 4.30. The minimum Gasteiger partial charge on any atom is -0.478 e. The molecule has 0 fully saturated rings. The second kappa shape index (κ2) is 4.20. The van der Waals surface area contributed by atoms with Crippen LogP contribution < -0.4 is 0 Å². The Kier molecular flexibility index (Phi) is 2.97. The minimum absolute atomic E-state index is 0.0462. The Hall–Kier alpha value is -1.70. The fourth-order valence-electron chi connectivity index (χ4n) is 1.40. The molecule has 0 saturated heterocycles. The van der Waals surface area contributed by atoms with Crippen molar-refractivity contribution in [3.63, 3.8) is 0 Å². The van der Waals surface area contributed by atoms with E-state index in [0.29, 0.717) is 10.5 Å². The number of alkyl halides is 3. The molecule has 2 aromatic heterocycles. The van der Waals surface area contributed by atoms with E-state index in [1.165, 1.54) is 12.3 Å². The minimum atomic E-state index is -4.72. The van der Waals surface area contributed by atoms with Gasteiger partial charge in [-0.1, -0.05) is 0 Å². The molecule has 0 unspecified atom stereocenters. The molecule has 0 aliphatic heterocycles. The summed E-state index contributed by atoms with van der Waals surface area (Å²) in [6, 6.07) is 1.86. The summed E-state index contributed by atoms with van der Waals surface area (Å²) < 4.78 is 38.1. The van der Waals surface area contributed by atoms with Crippen LogP contribution in [0.2, 0.25) is 0 Å². The lowest BCUT2D eigenvalue weighted by atomic mass is 10.1. The van der Waals surface area contributed by atoms with Crippen LogP contribution in [0.4, 0.5) is 13.2 Å². The zero-order chi connectivity index (χ0) is 13.5. The molecule has 0 aromatic carbocycles. The second-order valence-electron chi connectivity index (χ2n) is 3.38. The average molecular weight is 321 g/mol. The number of pyridine rings is 2. The van der Waals surface area contributed by atoms with Crippen LogP contribution in [-0.2, 0) is 6.18 Å². The molecule has 8 heteroatoms. The van der Waals surface area contributed by atoms with Crippen LogP contribution in [-0.4, -0.2) is 21.0 Å². The van der Waals surface area contributed by atoms with Gasteiger partial charge in [0.1, 0.15) is 5.69 Å². The number of aromatic nitrogens is 2. The first-order chi connectivity index (χ1) is 8.29. The maximum absolute atomic E-state index is 12.5. The molecule has 0 radical (unpaired) electrons. The maximum atomic E-state index is 12.5. The molecule has 2 heterocycles. The van der Waals surface area contributed by atoms with Crippen molar-refractivity contribution in [2.75, 3.05) is 0 Å². The Labute approximate surface area is 107 Å². The highest BCUT2D eigenvalue weighted by Crippen LogP contribution is 2.31. The summed E-state index contributed by atoms with van der Waals surface area (Å²) in [6.07, 6.45) is -3.46. The van der Waals surface area contributed by atoms with Gasteiger partial charge in [0.15, 0.2) is 5.65 Å². The number of nitrogens with zero attached hydrogens (tertiary/aromatic N) is 2. The van der Waals surface area contributed by atoms with Crippen LogP contribution >= 0.6 is 15.9 Å². The van der Waals surface area contributed by atoms with Gasteiger partial charge in [0.2, 0.25) is 0 Å². The van der Waals surface area contributed by atoms with E-state index in [9.17, 15) is 18.0 Å². The third-order valence-corrected chi connectivity index (χ3v) is 2.59. The van der Waals surface area contributed by atoms with Crippen LogP contribution in [0, 0.1) is 0 Å². The van der Waals surface area contributed by atoms with E-state index >= 15 is 0 Å². The lowest BCUT2D eigenvalue weighted by Gasteiger charge is -2.09. The Morgan fingerprint density at radius 1 is 1.33 bits per heavy atom. The first kappa shape index (κ1) is 12.7. The van der Waals surface area contributed by atoms with Crippen molar-refractivity contribution in [3.8, 4) is 0 Å². The van der Waals surface area contributed by atoms with Crippen molar-refractivity contribution < 1.29 is 23.1 Å². The first-order valence-electron chi connectivity index (χ1n) is 4.56. The molecule has 0 amide bonds. The third kappa shape index (κ3) is 2.28. The Balaban J connectivity index is 2.83. The van der Waals surface area contributed by atoms with Crippen molar-refractivity contribution in [1.82, 2.24) is 9.97 Å². The average Bonchev–Trinajstić information content (AvgIpc) is 2.25. The maximum Gasteiger partial charge on any atom is 0.433 e. The smallest absolute Gasteiger partial charge is 0.433 e. The van der Waals surface area contributed by atoms with Crippen LogP contribution in [0.15, 0.2) is 22.8 Å². The van der Waals surface area contributed by atoms with Gasteiger partial charge < -0.3 is 5.11 Å². The number of carboxylic acid groups (broad SMARTS) is 1. The largest absolute Gasteiger partial charge is 0.478 e. The molecule has 1 N–H and O–H groups in total. The van der Waals surface area contributed by atoms with E-state index in [2.05, 4.69) is 25.9 Å². The summed E-state index contributed by atoms with van der Waals surface area (Å²) in [5.41, 5.74) is -2.02. The standard InChI is InChI=1S/C10H4BrF3N2O2/c11-4-1-5-6(9(17)18)2-7(10(12,13)14)16-8(5)15-3-4/h1-3H,(H,17,18). The van der Waals surface area contributed by atoms with E-state index in [4.69, 9.17) is 5.11 Å². The van der Waals surface area contributed by atoms with Crippen LogP contribution in [0.5, 0.6) is 0 Å². The SMILES string of the molecule is O=C(O)c1cc(C(F)(F)F)nc2ncc(Br)cc12.